The quantitative estimate of drug-likeness (QED) is 0.185. The molecule has 1 spiro atoms. The molecule has 1 aromatic carbocycles. The summed E-state index contributed by atoms with van der Waals surface area (Å²) in [6.45, 7) is 15.1. The molecule has 1 saturated heterocycles. The second-order valence-electron chi connectivity index (χ2n) is 13.2. The van der Waals surface area contributed by atoms with Gasteiger partial charge in [-0.1, -0.05) is 17.7 Å². The molecule has 1 saturated carbocycles. The summed E-state index contributed by atoms with van der Waals surface area (Å²) in [6, 6.07) is 5.36. The Bertz CT molecular complexity index is 1530. The van der Waals surface area contributed by atoms with Gasteiger partial charge in [-0.25, -0.2) is 14.6 Å². The summed E-state index contributed by atoms with van der Waals surface area (Å²) in [5.41, 5.74) is 1.25. The smallest absolute Gasteiger partial charge is 0.408 e. The van der Waals surface area contributed by atoms with Gasteiger partial charge < -0.3 is 29.7 Å². The third-order valence-electron chi connectivity index (χ3n) is 8.65. The molecule has 1 aromatic heterocycles. The zero-order chi connectivity index (χ0) is 32.0. The number of hydrogen-bond acceptors (Lipinski definition) is 8. The van der Waals surface area contributed by atoms with Crippen molar-refractivity contribution < 1.29 is 28.6 Å². The molecular formula is C33H43N5O6. The Hall–Kier alpha value is -4.15. The predicted molar refractivity (Wildman–Crippen MR) is 166 cm³/mol. The van der Waals surface area contributed by atoms with Crippen LogP contribution in [0.15, 0.2) is 30.9 Å². The van der Waals surface area contributed by atoms with E-state index in [1.807, 2.05) is 26.0 Å². The number of fused-ring (bicyclic) bond motifs is 3. The van der Waals surface area contributed by atoms with Gasteiger partial charge in [0.05, 0.1) is 30.9 Å². The van der Waals surface area contributed by atoms with Gasteiger partial charge in [-0.3, -0.25) is 10.2 Å². The van der Waals surface area contributed by atoms with Gasteiger partial charge in [0, 0.05) is 23.3 Å². The second kappa shape index (κ2) is 11.4. The van der Waals surface area contributed by atoms with Gasteiger partial charge in [0.2, 0.25) is 5.91 Å². The SMILES string of the molecule is C=CC1CC1(NC(=O)C1CC2(CCc3c(c(C)nc4ccc(C)cc34)O2)CN1C(=N)CNC(=O)OC(C)(C)C)C(=O)OCC. The zero-order valence-corrected chi connectivity index (χ0v) is 26.5. The van der Waals surface area contributed by atoms with Gasteiger partial charge in [-0.05, 0) is 72.9 Å². The Morgan fingerprint density at radius 3 is 2.66 bits per heavy atom. The maximum Gasteiger partial charge on any atom is 0.408 e. The van der Waals surface area contributed by atoms with E-state index in [9.17, 15) is 14.4 Å². The number of amides is 2. The number of benzene rings is 1. The number of nitrogens with zero attached hydrogens (tertiary/aromatic N) is 2. The Labute approximate surface area is 258 Å². The number of likely N-dealkylation sites (tertiary alicyclic amines) is 1. The number of aryl methyl sites for hydroxylation is 3. The van der Waals surface area contributed by atoms with Crippen molar-refractivity contribution in [3.05, 3.63) is 47.7 Å². The molecule has 1 aliphatic carbocycles. The van der Waals surface area contributed by atoms with Crippen LogP contribution in [0.4, 0.5) is 4.79 Å². The van der Waals surface area contributed by atoms with Crippen molar-refractivity contribution in [3.8, 4) is 5.75 Å². The van der Waals surface area contributed by atoms with Crippen LogP contribution >= 0.6 is 0 Å². The average Bonchev–Trinajstić information content (AvgIpc) is 3.55. The van der Waals surface area contributed by atoms with Crippen LogP contribution in [-0.2, 0) is 25.5 Å². The lowest BCUT2D eigenvalue weighted by Crippen LogP contribution is -2.54. The summed E-state index contributed by atoms with van der Waals surface area (Å²) in [4.78, 5) is 45.8. The van der Waals surface area contributed by atoms with Crippen LogP contribution in [-0.4, -0.2) is 76.2 Å². The topological polar surface area (TPSA) is 143 Å². The Balaban J connectivity index is 1.43. The minimum absolute atomic E-state index is 0.0347. The molecule has 2 amide bonds. The van der Waals surface area contributed by atoms with Crippen molar-refractivity contribution in [2.75, 3.05) is 19.7 Å². The maximum absolute atomic E-state index is 14.0. The molecule has 4 unspecified atom stereocenters. The average molecular weight is 606 g/mol. The number of esters is 1. The summed E-state index contributed by atoms with van der Waals surface area (Å²) in [7, 11) is 0. The summed E-state index contributed by atoms with van der Waals surface area (Å²) < 4.78 is 17.4. The van der Waals surface area contributed by atoms with Crippen molar-refractivity contribution in [1.82, 2.24) is 20.5 Å². The molecule has 3 heterocycles. The summed E-state index contributed by atoms with van der Waals surface area (Å²) in [5.74, 6) is -0.394. The highest BCUT2D eigenvalue weighted by molar-refractivity contribution is 5.96. The van der Waals surface area contributed by atoms with E-state index in [4.69, 9.17) is 24.6 Å². The Kier molecular flexibility index (Phi) is 8.11. The van der Waals surface area contributed by atoms with Crippen molar-refractivity contribution >= 4 is 34.7 Å². The molecule has 3 N–H and O–H groups in total. The lowest BCUT2D eigenvalue weighted by molar-refractivity contribution is -0.149. The van der Waals surface area contributed by atoms with E-state index < -0.39 is 40.8 Å². The lowest BCUT2D eigenvalue weighted by Gasteiger charge is -2.36. The summed E-state index contributed by atoms with van der Waals surface area (Å²) in [6.07, 6.45) is 3.03. The van der Waals surface area contributed by atoms with Crippen LogP contribution < -0.4 is 15.4 Å². The molecule has 0 radical (unpaired) electrons. The van der Waals surface area contributed by atoms with Gasteiger partial charge in [0.1, 0.15) is 34.4 Å². The van der Waals surface area contributed by atoms with Crippen LogP contribution in [0.2, 0.25) is 0 Å². The highest BCUT2D eigenvalue weighted by atomic mass is 16.6. The molecule has 0 bridgehead atoms. The number of aromatic nitrogens is 1. The first kappa shape index (κ1) is 31.3. The largest absolute Gasteiger partial charge is 0.483 e. The number of ether oxygens (including phenoxy) is 3. The fourth-order valence-corrected chi connectivity index (χ4v) is 6.42. The van der Waals surface area contributed by atoms with Crippen LogP contribution in [0.3, 0.4) is 0 Å². The van der Waals surface area contributed by atoms with Crippen LogP contribution in [0.25, 0.3) is 10.9 Å². The third kappa shape index (κ3) is 5.96. The lowest BCUT2D eigenvalue weighted by atomic mass is 9.87. The van der Waals surface area contributed by atoms with E-state index in [1.165, 1.54) is 0 Å². The first-order chi connectivity index (χ1) is 20.7. The van der Waals surface area contributed by atoms with Crippen molar-refractivity contribution in [2.45, 2.75) is 90.0 Å². The molecular weight excluding hydrogens is 562 g/mol. The number of amidine groups is 1. The fraction of sp³-hybridized carbons (Fsp3) is 0.545. The number of alkyl carbamates (subject to hydrolysis) is 1. The molecule has 11 heteroatoms. The van der Waals surface area contributed by atoms with E-state index in [0.717, 1.165) is 34.1 Å². The van der Waals surface area contributed by atoms with E-state index in [1.54, 1.807) is 38.7 Å². The van der Waals surface area contributed by atoms with Crippen molar-refractivity contribution in [2.24, 2.45) is 5.92 Å². The molecule has 4 atom stereocenters. The molecule has 2 fully saturated rings. The molecule has 2 aliphatic heterocycles. The number of carbonyl (C=O) groups is 3. The van der Waals surface area contributed by atoms with Crippen molar-refractivity contribution in [1.29, 1.82) is 5.41 Å². The number of nitrogens with one attached hydrogen (secondary N) is 3. The maximum atomic E-state index is 14.0. The number of pyridine rings is 1. The molecule has 236 valence electrons. The normalized spacial score (nSPS) is 25.5. The van der Waals surface area contributed by atoms with Gasteiger partial charge in [0.25, 0.3) is 0 Å². The monoisotopic (exact) mass is 605 g/mol. The number of carbonyl (C=O) groups excluding carboxylic acids is 3. The van der Waals surface area contributed by atoms with Gasteiger partial charge in [-0.15, -0.1) is 6.58 Å². The highest BCUT2D eigenvalue weighted by Gasteiger charge is 2.62. The molecule has 3 aliphatic rings. The van der Waals surface area contributed by atoms with Gasteiger partial charge in [0.15, 0.2) is 0 Å². The minimum Gasteiger partial charge on any atom is -0.483 e. The third-order valence-corrected chi connectivity index (χ3v) is 8.65. The van der Waals surface area contributed by atoms with Crippen LogP contribution in [0.1, 0.15) is 63.8 Å². The first-order valence-corrected chi connectivity index (χ1v) is 15.2. The summed E-state index contributed by atoms with van der Waals surface area (Å²) >= 11 is 0. The molecule has 2 aromatic rings. The Morgan fingerprint density at radius 1 is 1.25 bits per heavy atom. The number of hydrogen-bond donors (Lipinski definition) is 3. The van der Waals surface area contributed by atoms with Crippen LogP contribution in [0.5, 0.6) is 5.75 Å². The Morgan fingerprint density at radius 2 is 2.00 bits per heavy atom. The molecule has 44 heavy (non-hydrogen) atoms. The van der Waals surface area contributed by atoms with E-state index in [0.29, 0.717) is 18.6 Å². The molecule has 5 rings (SSSR count). The molecule has 11 nitrogen and oxygen atoms in total. The van der Waals surface area contributed by atoms with E-state index in [-0.39, 0.29) is 37.9 Å². The number of rotatable bonds is 7. The van der Waals surface area contributed by atoms with E-state index >= 15 is 0 Å². The van der Waals surface area contributed by atoms with Gasteiger partial charge >= 0.3 is 12.1 Å². The first-order valence-electron chi connectivity index (χ1n) is 15.2. The second-order valence-corrected chi connectivity index (χ2v) is 13.2. The van der Waals surface area contributed by atoms with Crippen LogP contribution in [0, 0.1) is 25.2 Å². The standard InChI is InChI=1S/C33H43N5O6/c1-8-21-15-33(21,29(40)42-9-2)37-28(39)25-16-32(18-38(25)26(34)17-35-30(41)44-31(5,6)7)13-12-22-23-14-19(3)10-11-24(23)36-20(4)27(22)43-32/h8,10-11,14,21,25,34H,1,9,12-13,15-18H2,2-7H3,(H,35,41)(H,37,39). The predicted octanol–water partition coefficient (Wildman–Crippen LogP) is 4.12. The summed E-state index contributed by atoms with van der Waals surface area (Å²) in [5, 5.41) is 15.6. The zero-order valence-electron chi connectivity index (χ0n) is 26.5. The van der Waals surface area contributed by atoms with Gasteiger partial charge in [-0.2, -0.15) is 0 Å². The highest BCUT2D eigenvalue weighted by Crippen LogP contribution is 2.47. The van der Waals surface area contributed by atoms with Crippen molar-refractivity contribution in [3.63, 3.8) is 0 Å². The fourth-order valence-electron chi connectivity index (χ4n) is 6.42. The van der Waals surface area contributed by atoms with E-state index in [2.05, 4.69) is 23.3 Å². The minimum atomic E-state index is -1.18.